The second-order valence-corrected chi connectivity index (χ2v) is 6.99. The zero-order valence-electron chi connectivity index (χ0n) is 15.9. The molecule has 0 radical (unpaired) electrons. The van der Waals surface area contributed by atoms with E-state index in [9.17, 15) is 18.0 Å². The number of hydrogen-bond acceptors (Lipinski definition) is 4. The molecular weight excluding hydrogens is 383 g/mol. The number of rotatable bonds is 2. The van der Waals surface area contributed by atoms with Crippen LogP contribution in [0, 0.1) is 11.3 Å². The summed E-state index contributed by atoms with van der Waals surface area (Å²) in [5.41, 5.74) is -0.983. The van der Waals surface area contributed by atoms with Crippen LogP contribution in [0.1, 0.15) is 25.0 Å². The van der Waals surface area contributed by atoms with E-state index in [-0.39, 0.29) is 18.1 Å². The smallest absolute Gasteiger partial charge is 0.365 e. The molecule has 2 atom stereocenters. The SMILES string of the molecule is C[C@@H]1CN(c2ccc(C#N)c(C(F)(F)F)c2)[C@@H](C)CN1C(=O)Nc1ccccn1. The van der Waals surface area contributed by atoms with Crippen LogP contribution in [0.4, 0.5) is 29.5 Å². The Balaban J connectivity index is 1.78. The number of piperazine rings is 1. The van der Waals surface area contributed by atoms with E-state index in [1.807, 2.05) is 18.7 Å². The summed E-state index contributed by atoms with van der Waals surface area (Å²) in [5.74, 6) is 0.432. The van der Waals surface area contributed by atoms with Gasteiger partial charge in [0, 0.05) is 37.1 Å². The number of anilines is 2. The molecule has 0 unspecified atom stereocenters. The first kappa shape index (κ1) is 20.5. The maximum Gasteiger partial charge on any atom is 0.417 e. The van der Waals surface area contributed by atoms with E-state index in [0.717, 1.165) is 6.07 Å². The number of aromatic nitrogens is 1. The summed E-state index contributed by atoms with van der Waals surface area (Å²) in [5, 5.41) is 11.7. The largest absolute Gasteiger partial charge is 0.417 e. The number of nitrogens with one attached hydrogen (secondary N) is 1. The summed E-state index contributed by atoms with van der Waals surface area (Å²) in [6.45, 7) is 4.38. The Morgan fingerprint density at radius 2 is 1.97 bits per heavy atom. The molecule has 1 saturated heterocycles. The first-order chi connectivity index (χ1) is 13.7. The zero-order valence-corrected chi connectivity index (χ0v) is 15.9. The summed E-state index contributed by atoms with van der Waals surface area (Å²) in [6, 6.07) is 9.73. The van der Waals surface area contributed by atoms with Crippen LogP contribution >= 0.6 is 0 Å². The normalized spacial score (nSPS) is 19.6. The topological polar surface area (TPSA) is 72.3 Å². The first-order valence-corrected chi connectivity index (χ1v) is 9.07. The van der Waals surface area contributed by atoms with Gasteiger partial charge >= 0.3 is 12.2 Å². The molecule has 3 rings (SSSR count). The minimum absolute atomic E-state index is 0.213. The lowest BCUT2D eigenvalue weighted by atomic mass is 10.0. The van der Waals surface area contributed by atoms with Gasteiger partial charge in [0.1, 0.15) is 5.82 Å². The van der Waals surface area contributed by atoms with Crippen molar-refractivity contribution in [3.8, 4) is 6.07 Å². The Morgan fingerprint density at radius 3 is 2.59 bits per heavy atom. The monoisotopic (exact) mass is 403 g/mol. The lowest BCUT2D eigenvalue weighted by Gasteiger charge is -2.45. The summed E-state index contributed by atoms with van der Waals surface area (Å²) in [6.07, 6.45) is -3.04. The van der Waals surface area contributed by atoms with Crippen LogP contribution < -0.4 is 10.2 Å². The standard InChI is InChI=1S/C20H20F3N5O/c1-13-12-28(19(29)26-18-5-3-4-8-25-18)14(2)11-27(13)16-7-6-15(10-24)17(9-16)20(21,22)23/h3-9,13-14H,11-12H2,1-2H3,(H,25,26,29)/t13-,14+/m0/s1. The van der Waals surface area contributed by atoms with Crippen molar-refractivity contribution in [2.75, 3.05) is 23.3 Å². The number of alkyl halides is 3. The minimum atomic E-state index is -4.61. The third kappa shape index (κ3) is 4.42. The number of halogens is 3. The summed E-state index contributed by atoms with van der Waals surface area (Å²) >= 11 is 0. The maximum atomic E-state index is 13.3. The van der Waals surface area contributed by atoms with Gasteiger partial charge < -0.3 is 9.80 Å². The minimum Gasteiger partial charge on any atom is -0.365 e. The predicted molar refractivity (Wildman–Crippen MR) is 102 cm³/mol. The fraction of sp³-hybridized carbons (Fsp3) is 0.350. The number of pyridine rings is 1. The van der Waals surface area contributed by atoms with Crippen molar-refractivity contribution in [2.24, 2.45) is 0 Å². The van der Waals surface area contributed by atoms with Crippen LogP contribution in [0.3, 0.4) is 0 Å². The number of nitrogens with zero attached hydrogens (tertiary/aromatic N) is 4. The Morgan fingerprint density at radius 1 is 1.21 bits per heavy atom. The van der Waals surface area contributed by atoms with E-state index in [2.05, 4.69) is 10.3 Å². The van der Waals surface area contributed by atoms with Crippen LogP contribution in [-0.2, 0) is 6.18 Å². The molecule has 0 aliphatic carbocycles. The number of urea groups is 1. The Kier molecular flexibility index (Phi) is 5.64. The average Bonchev–Trinajstić information content (AvgIpc) is 2.69. The molecule has 2 amide bonds. The highest BCUT2D eigenvalue weighted by Gasteiger charge is 2.36. The molecule has 2 heterocycles. The van der Waals surface area contributed by atoms with Gasteiger partial charge in [-0.15, -0.1) is 0 Å². The van der Waals surface area contributed by atoms with Gasteiger partial charge in [-0.05, 0) is 44.2 Å². The molecule has 1 aliphatic heterocycles. The Bertz CT molecular complexity index is 926. The molecule has 6 nitrogen and oxygen atoms in total. The van der Waals surface area contributed by atoms with Gasteiger partial charge in [0.25, 0.3) is 0 Å². The fourth-order valence-corrected chi connectivity index (χ4v) is 3.43. The highest BCUT2D eigenvalue weighted by molar-refractivity contribution is 5.88. The number of carbonyl (C=O) groups is 1. The molecule has 1 aromatic carbocycles. The van der Waals surface area contributed by atoms with Gasteiger partial charge in [-0.25, -0.2) is 9.78 Å². The number of amides is 2. The molecule has 1 aliphatic rings. The molecule has 1 aromatic heterocycles. The number of hydrogen-bond donors (Lipinski definition) is 1. The van der Waals surface area contributed by atoms with Gasteiger partial charge in [-0.1, -0.05) is 6.07 Å². The van der Waals surface area contributed by atoms with Crippen LogP contribution in [0.25, 0.3) is 0 Å². The number of nitriles is 1. The van der Waals surface area contributed by atoms with Crippen molar-refractivity contribution in [1.82, 2.24) is 9.88 Å². The molecule has 0 spiro atoms. The van der Waals surface area contributed by atoms with E-state index < -0.39 is 17.3 Å². The second-order valence-electron chi connectivity index (χ2n) is 6.99. The van der Waals surface area contributed by atoms with Gasteiger partial charge in [0.15, 0.2) is 0 Å². The molecular formula is C20H20F3N5O. The lowest BCUT2D eigenvalue weighted by molar-refractivity contribution is -0.137. The van der Waals surface area contributed by atoms with Gasteiger partial charge in [-0.3, -0.25) is 5.32 Å². The molecule has 1 N–H and O–H groups in total. The molecule has 0 saturated carbocycles. The van der Waals surface area contributed by atoms with Gasteiger partial charge in [0.2, 0.25) is 0 Å². The van der Waals surface area contributed by atoms with Gasteiger partial charge in [0.05, 0.1) is 17.2 Å². The fourth-order valence-electron chi connectivity index (χ4n) is 3.43. The van der Waals surface area contributed by atoms with Crippen molar-refractivity contribution in [3.63, 3.8) is 0 Å². The summed E-state index contributed by atoms with van der Waals surface area (Å²) in [4.78, 5) is 20.1. The predicted octanol–water partition coefficient (Wildman–Crippen LogP) is 4.10. The van der Waals surface area contributed by atoms with Gasteiger partial charge in [-0.2, -0.15) is 18.4 Å². The molecule has 29 heavy (non-hydrogen) atoms. The summed E-state index contributed by atoms with van der Waals surface area (Å²) in [7, 11) is 0. The number of carbonyl (C=O) groups excluding carboxylic acids is 1. The second kappa shape index (κ2) is 7.99. The molecule has 152 valence electrons. The van der Waals surface area contributed by atoms with Crippen molar-refractivity contribution >= 4 is 17.5 Å². The van der Waals surface area contributed by atoms with E-state index >= 15 is 0 Å². The van der Waals surface area contributed by atoms with Crippen LogP contribution in [0.2, 0.25) is 0 Å². The van der Waals surface area contributed by atoms with Crippen molar-refractivity contribution in [3.05, 3.63) is 53.7 Å². The first-order valence-electron chi connectivity index (χ1n) is 9.07. The van der Waals surface area contributed by atoms with Crippen LogP contribution in [0.5, 0.6) is 0 Å². The molecule has 0 bridgehead atoms. The van der Waals surface area contributed by atoms with Crippen molar-refractivity contribution in [1.29, 1.82) is 5.26 Å². The Hall–Kier alpha value is -3.28. The third-order valence-electron chi connectivity index (χ3n) is 4.91. The van der Waals surface area contributed by atoms with Crippen LogP contribution in [-0.4, -0.2) is 41.1 Å². The molecule has 2 aromatic rings. The molecule has 9 heteroatoms. The number of benzene rings is 1. The molecule has 1 fully saturated rings. The highest BCUT2D eigenvalue weighted by Crippen LogP contribution is 2.35. The van der Waals surface area contributed by atoms with Crippen molar-refractivity contribution in [2.45, 2.75) is 32.1 Å². The Labute approximate surface area is 166 Å². The van der Waals surface area contributed by atoms with E-state index in [4.69, 9.17) is 5.26 Å². The highest BCUT2D eigenvalue weighted by atomic mass is 19.4. The quantitative estimate of drug-likeness (QED) is 0.819. The van der Waals surface area contributed by atoms with Crippen molar-refractivity contribution < 1.29 is 18.0 Å². The summed E-state index contributed by atoms with van der Waals surface area (Å²) < 4.78 is 39.9. The average molecular weight is 403 g/mol. The maximum absolute atomic E-state index is 13.3. The zero-order chi connectivity index (χ0) is 21.2. The van der Waals surface area contributed by atoms with E-state index in [1.54, 1.807) is 35.4 Å². The van der Waals surface area contributed by atoms with E-state index in [0.29, 0.717) is 24.6 Å². The third-order valence-corrected chi connectivity index (χ3v) is 4.91. The van der Waals surface area contributed by atoms with E-state index in [1.165, 1.54) is 12.1 Å². The lowest BCUT2D eigenvalue weighted by Crippen LogP contribution is -2.59. The van der Waals surface area contributed by atoms with Crippen LogP contribution in [0.15, 0.2) is 42.6 Å².